The lowest BCUT2D eigenvalue weighted by Gasteiger charge is -2.24. The molecule has 11 nitrogen and oxygen atoms in total. The summed E-state index contributed by atoms with van der Waals surface area (Å²) >= 11 is 0. The standard InChI is InChI=1S/C16H22N2O9/c1-5-22-8(19)7-24-12-11(10(20)9(18-17)14(21)23-6-2)25-15-13(12)26-16(3,4)27-15/h11-13,15H,5-7H2,1-4H3/p+1/t11-,12+,13-,15-/m1/s1. The molecule has 0 amide bonds. The first kappa shape index (κ1) is 21.0. The smallest absolute Gasteiger partial charge is 0.503 e. The minimum Gasteiger partial charge on any atom is -0.503 e. The van der Waals surface area contributed by atoms with Gasteiger partial charge in [0, 0.05) is 0 Å². The molecule has 0 aromatic carbocycles. The van der Waals surface area contributed by atoms with Gasteiger partial charge >= 0.3 is 17.6 Å². The number of rotatable bonds is 7. The number of fused-ring (bicyclic) bond motifs is 1. The normalized spacial score (nSPS) is 29.4. The van der Waals surface area contributed by atoms with Crippen LogP contribution in [0.4, 0.5) is 0 Å². The molecule has 1 N–H and O–H groups in total. The van der Waals surface area contributed by atoms with Crippen molar-refractivity contribution in [3.8, 4) is 0 Å². The molecule has 0 radical (unpaired) electrons. The van der Waals surface area contributed by atoms with Gasteiger partial charge in [0.25, 0.3) is 0 Å². The summed E-state index contributed by atoms with van der Waals surface area (Å²) in [5, 5.41) is 19.5. The molecular weight excluding hydrogens is 364 g/mol. The number of aliphatic hydroxyl groups excluding tert-OH is 1. The van der Waals surface area contributed by atoms with Crippen molar-refractivity contribution in [2.45, 2.75) is 58.1 Å². The van der Waals surface area contributed by atoms with Crippen LogP contribution in [-0.4, -0.2) is 67.3 Å². The van der Waals surface area contributed by atoms with Crippen molar-refractivity contribution in [2.24, 2.45) is 0 Å². The molecule has 0 aromatic rings. The Balaban J connectivity index is 2.26. The predicted octanol–water partition coefficient (Wildman–Crippen LogP) is 0.997. The van der Waals surface area contributed by atoms with E-state index < -0.39 is 60.4 Å². The van der Waals surface area contributed by atoms with Gasteiger partial charge in [-0.2, -0.15) is 0 Å². The summed E-state index contributed by atoms with van der Waals surface area (Å²) in [5.41, 5.74) is -0.745. The monoisotopic (exact) mass is 387 g/mol. The van der Waals surface area contributed by atoms with Gasteiger partial charge in [-0.1, -0.05) is 0 Å². The highest BCUT2D eigenvalue weighted by atomic mass is 16.8. The molecule has 2 aliphatic rings. The molecule has 2 saturated heterocycles. The van der Waals surface area contributed by atoms with E-state index in [9.17, 15) is 14.7 Å². The van der Waals surface area contributed by atoms with E-state index in [1.807, 2.05) is 0 Å². The number of diazo groups is 1. The van der Waals surface area contributed by atoms with Crippen LogP contribution >= 0.6 is 0 Å². The van der Waals surface area contributed by atoms with Crippen LogP contribution in [0.1, 0.15) is 27.7 Å². The van der Waals surface area contributed by atoms with Crippen LogP contribution in [0, 0.1) is 5.39 Å². The van der Waals surface area contributed by atoms with Crippen molar-refractivity contribution >= 4 is 11.9 Å². The minimum absolute atomic E-state index is 0.00507. The molecule has 27 heavy (non-hydrogen) atoms. The number of ether oxygens (including phenoxy) is 6. The van der Waals surface area contributed by atoms with Crippen molar-refractivity contribution in [1.82, 2.24) is 0 Å². The van der Waals surface area contributed by atoms with Gasteiger partial charge < -0.3 is 33.5 Å². The van der Waals surface area contributed by atoms with Gasteiger partial charge in [0.15, 0.2) is 23.2 Å². The molecule has 0 spiro atoms. The zero-order chi connectivity index (χ0) is 20.2. The fourth-order valence-corrected chi connectivity index (χ4v) is 2.78. The fraction of sp³-hybridized carbons (Fsp3) is 0.750. The Morgan fingerprint density at radius 2 is 1.85 bits per heavy atom. The number of aliphatic hydroxyl groups is 1. The zero-order valence-corrected chi connectivity index (χ0v) is 15.5. The number of hydrogen-bond acceptors (Lipinski definition) is 10. The van der Waals surface area contributed by atoms with Crippen LogP contribution in [0.3, 0.4) is 0 Å². The van der Waals surface area contributed by atoms with E-state index in [-0.39, 0.29) is 13.2 Å². The molecule has 0 aliphatic carbocycles. The summed E-state index contributed by atoms with van der Waals surface area (Å²) in [6.07, 6.45) is -4.06. The number of esters is 2. The fourth-order valence-electron chi connectivity index (χ4n) is 2.78. The third kappa shape index (κ3) is 4.72. The number of carbonyl (C=O) groups is 2. The Kier molecular flexibility index (Phi) is 6.72. The van der Waals surface area contributed by atoms with Crippen molar-refractivity contribution in [1.29, 1.82) is 5.39 Å². The Bertz CT molecular complexity index is 655. The second-order valence-corrected chi connectivity index (χ2v) is 6.16. The minimum atomic E-state index is -1.29. The average molecular weight is 387 g/mol. The van der Waals surface area contributed by atoms with E-state index >= 15 is 0 Å². The van der Waals surface area contributed by atoms with Gasteiger partial charge in [-0.25, -0.2) is 9.59 Å². The van der Waals surface area contributed by atoms with Gasteiger partial charge in [0.05, 0.1) is 13.2 Å². The van der Waals surface area contributed by atoms with E-state index in [0.717, 1.165) is 0 Å². The number of nitrogens with zero attached hydrogens (tertiary/aromatic N) is 2. The summed E-state index contributed by atoms with van der Waals surface area (Å²) in [7, 11) is 0. The lowest BCUT2D eigenvalue weighted by Crippen LogP contribution is -2.39. The molecule has 0 unspecified atom stereocenters. The Hall–Kier alpha value is -2.26. The highest BCUT2D eigenvalue weighted by molar-refractivity contribution is 5.90. The largest absolute Gasteiger partial charge is 0.508 e. The molecule has 0 bridgehead atoms. The highest BCUT2D eigenvalue weighted by Gasteiger charge is 2.58. The maximum absolute atomic E-state index is 11.9. The lowest BCUT2D eigenvalue weighted by molar-refractivity contribution is -0.217. The van der Waals surface area contributed by atoms with E-state index in [0.29, 0.717) is 0 Å². The van der Waals surface area contributed by atoms with Crippen LogP contribution in [0.15, 0.2) is 11.5 Å². The van der Waals surface area contributed by atoms with E-state index in [4.69, 9.17) is 33.8 Å². The van der Waals surface area contributed by atoms with Gasteiger partial charge in [0.1, 0.15) is 18.8 Å². The van der Waals surface area contributed by atoms with Crippen LogP contribution in [0.25, 0.3) is 4.98 Å². The highest BCUT2D eigenvalue weighted by Crippen LogP contribution is 2.40. The molecular formula is C16H23N2O9+. The van der Waals surface area contributed by atoms with Crippen molar-refractivity contribution in [3.63, 3.8) is 0 Å². The zero-order valence-electron chi connectivity index (χ0n) is 15.5. The van der Waals surface area contributed by atoms with E-state index in [1.54, 1.807) is 27.7 Å². The second-order valence-electron chi connectivity index (χ2n) is 6.16. The van der Waals surface area contributed by atoms with Crippen molar-refractivity contribution < 1.29 is 43.1 Å². The Morgan fingerprint density at radius 3 is 2.44 bits per heavy atom. The summed E-state index contributed by atoms with van der Waals surface area (Å²) in [6, 6.07) is 0. The van der Waals surface area contributed by atoms with Crippen LogP contribution in [-0.2, 0) is 38.0 Å². The molecule has 2 aliphatic heterocycles. The predicted molar refractivity (Wildman–Crippen MR) is 86.4 cm³/mol. The first-order chi connectivity index (χ1) is 12.7. The molecule has 11 heteroatoms. The van der Waals surface area contributed by atoms with Gasteiger partial charge in [-0.15, -0.1) is 0 Å². The molecule has 0 aromatic heterocycles. The summed E-state index contributed by atoms with van der Waals surface area (Å²) in [5.74, 6) is -3.39. The molecule has 4 atom stereocenters. The van der Waals surface area contributed by atoms with E-state index in [2.05, 4.69) is 4.98 Å². The first-order valence-corrected chi connectivity index (χ1v) is 8.47. The molecule has 2 fully saturated rings. The quantitative estimate of drug-likeness (QED) is 0.291. The molecule has 2 rings (SSSR count). The second kappa shape index (κ2) is 8.62. The summed E-state index contributed by atoms with van der Waals surface area (Å²) < 4.78 is 31.9. The maximum atomic E-state index is 11.9. The van der Waals surface area contributed by atoms with Gasteiger partial charge in [-0.3, -0.25) is 0 Å². The average Bonchev–Trinajstić information content (AvgIpc) is 3.05. The van der Waals surface area contributed by atoms with Crippen LogP contribution in [0.2, 0.25) is 0 Å². The SMILES string of the molecule is CCOC(=O)CO[C@@H]1[C@H]2OC(C)(C)O[C@H]2O[C@@H]1/C(O)=C(\[N+]#N)C(=O)OCC. The lowest BCUT2D eigenvalue weighted by atomic mass is 10.1. The summed E-state index contributed by atoms with van der Waals surface area (Å²) in [4.78, 5) is 26.2. The summed E-state index contributed by atoms with van der Waals surface area (Å²) in [6.45, 7) is 6.26. The number of carbonyl (C=O) groups excluding carboxylic acids is 2. The van der Waals surface area contributed by atoms with Crippen LogP contribution < -0.4 is 0 Å². The Morgan fingerprint density at radius 1 is 1.19 bits per heavy atom. The third-order valence-electron chi connectivity index (χ3n) is 3.77. The third-order valence-corrected chi connectivity index (χ3v) is 3.77. The van der Waals surface area contributed by atoms with E-state index in [1.165, 1.54) is 0 Å². The molecule has 150 valence electrons. The van der Waals surface area contributed by atoms with Crippen LogP contribution in [0.5, 0.6) is 0 Å². The first-order valence-electron chi connectivity index (χ1n) is 8.47. The van der Waals surface area contributed by atoms with Gasteiger partial charge in [-0.05, 0) is 27.7 Å². The maximum Gasteiger partial charge on any atom is 0.508 e. The topological polar surface area (TPSA) is 138 Å². The number of hydrogen-bond donors (Lipinski definition) is 1. The van der Waals surface area contributed by atoms with Crippen molar-refractivity contribution in [2.75, 3.05) is 19.8 Å². The van der Waals surface area contributed by atoms with Crippen molar-refractivity contribution in [3.05, 3.63) is 16.4 Å². The Labute approximate surface area is 155 Å². The molecule has 2 heterocycles. The molecule has 0 saturated carbocycles. The van der Waals surface area contributed by atoms with Gasteiger partial charge in [0.2, 0.25) is 11.2 Å².